The van der Waals surface area contributed by atoms with E-state index in [1.54, 1.807) is 66.9 Å². The number of hydrogen-bond donors (Lipinski definition) is 1. The Morgan fingerprint density at radius 1 is 1.07 bits per heavy atom. The topological polar surface area (TPSA) is 91.7 Å². The molecule has 0 aliphatic heterocycles. The molecule has 0 saturated heterocycles. The van der Waals surface area contributed by atoms with Crippen LogP contribution in [0.3, 0.4) is 0 Å². The summed E-state index contributed by atoms with van der Waals surface area (Å²) in [5, 5.41) is 3.89. The van der Waals surface area contributed by atoms with Crippen LogP contribution in [0.15, 0.2) is 82.9 Å². The summed E-state index contributed by atoms with van der Waals surface area (Å²) < 4.78 is 26.7. The number of rotatable bonds is 7. The van der Waals surface area contributed by atoms with E-state index >= 15 is 0 Å². The van der Waals surface area contributed by atoms with E-state index in [9.17, 15) is 13.2 Å². The standard InChI is InChI=1S/C22H22N4O3S/c1-17-6-12-21(13-7-17)30(28,29)26(2)16-18-8-10-19(11-9-18)22(27)25-24-15-20-5-3-4-14-23-20/h3-15H,16H2,1-2H3,(H,25,27)/b24-15+. The Bertz CT molecular complexity index is 1130. The summed E-state index contributed by atoms with van der Waals surface area (Å²) in [6.07, 6.45) is 3.09. The number of carbonyl (C=O) groups excluding carboxylic acids is 1. The van der Waals surface area contributed by atoms with Crippen molar-refractivity contribution < 1.29 is 13.2 Å². The molecule has 0 aliphatic rings. The molecule has 30 heavy (non-hydrogen) atoms. The van der Waals surface area contributed by atoms with Crippen LogP contribution in [0.5, 0.6) is 0 Å². The van der Waals surface area contributed by atoms with Gasteiger partial charge in [-0.3, -0.25) is 9.78 Å². The van der Waals surface area contributed by atoms with Crippen molar-refractivity contribution in [1.29, 1.82) is 0 Å². The molecular formula is C22H22N4O3S. The number of hydrazone groups is 1. The lowest BCUT2D eigenvalue weighted by Crippen LogP contribution is -2.26. The van der Waals surface area contributed by atoms with Crippen molar-refractivity contribution in [3.05, 3.63) is 95.3 Å². The van der Waals surface area contributed by atoms with Crippen LogP contribution in [0.2, 0.25) is 0 Å². The quantitative estimate of drug-likeness (QED) is 0.468. The number of carbonyl (C=O) groups is 1. The highest BCUT2D eigenvalue weighted by atomic mass is 32.2. The zero-order valence-corrected chi connectivity index (χ0v) is 17.5. The Morgan fingerprint density at radius 2 is 1.77 bits per heavy atom. The molecular weight excluding hydrogens is 400 g/mol. The summed E-state index contributed by atoms with van der Waals surface area (Å²) >= 11 is 0. The zero-order chi connectivity index (χ0) is 21.6. The average Bonchev–Trinajstić information content (AvgIpc) is 2.75. The minimum absolute atomic E-state index is 0.190. The summed E-state index contributed by atoms with van der Waals surface area (Å²) in [7, 11) is -2.06. The summed E-state index contributed by atoms with van der Waals surface area (Å²) in [5.41, 5.74) is 5.25. The number of benzene rings is 2. The Kier molecular flexibility index (Phi) is 6.71. The van der Waals surface area contributed by atoms with Crippen LogP contribution >= 0.6 is 0 Å². The second-order valence-corrected chi connectivity index (χ2v) is 8.77. The van der Waals surface area contributed by atoms with Gasteiger partial charge in [0.15, 0.2) is 0 Å². The van der Waals surface area contributed by atoms with E-state index in [0.717, 1.165) is 11.1 Å². The zero-order valence-electron chi connectivity index (χ0n) is 16.7. The molecule has 0 atom stereocenters. The third-order valence-corrected chi connectivity index (χ3v) is 6.22. The van der Waals surface area contributed by atoms with Gasteiger partial charge in [-0.1, -0.05) is 35.9 Å². The van der Waals surface area contributed by atoms with Gasteiger partial charge in [0.2, 0.25) is 10.0 Å². The van der Waals surface area contributed by atoms with Gasteiger partial charge in [-0.05, 0) is 48.9 Å². The summed E-state index contributed by atoms with van der Waals surface area (Å²) in [6.45, 7) is 2.09. The molecule has 8 heteroatoms. The van der Waals surface area contributed by atoms with E-state index < -0.39 is 10.0 Å². The maximum atomic E-state index is 12.7. The molecule has 1 heterocycles. The first-order valence-corrected chi connectivity index (χ1v) is 10.7. The molecule has 3 rings (SSSR count). The van der Waals surface area contributed by atoms with E-state index in [0.29, 0.717) is 11.3 Å². The number of amides is 1. The second kappa shape index (κ2) is 9.43. The number of hydrogen-bond acceptors (Lipinski definition) is 5. The molecule has 2 aromatic carbocycles. The molecule has 7 nitrogen and oxygen atoms in total. The van der Waals surface area contributed by atoms with Crippen LogP contribution in [0.1, 0.15) is 27.2 Å². The van der Waals surface area contributed by atoms with Gasteiger partial charge in [-0.15, -0.1) is 0 Å². The average molecular weight is 423 g/mol. The van der Waals surface area contributed by atoms with E-state index in [-0.39, 0.29) is 17.3 Å². The number of sulfonamides is 1. The highest BCUT2D eigenvalue weighted by Gasteiger charge is 2.20. The van der Waals surface area contributed by atoms with Crippen molar-refractivity contribution >= 4 is 22.1 Å². The number of pyridine rings is 1. The van der Waals surface area contributed by atoms with Gasteiger partial charge in [0.25, 0.3) is 5.91 Å². The Labute approximate surface area is 176 Å². The molecule has 1 amide bonds. The first kappa shape index (κ1) is 21.4. The van der Waals surface area contributed by atoms with Crippen LogP contribution in [0, 0.1) is 6.92 Å². The van der Waals surface area contributed by atoms with Crippen molar-refractivity contribution in [1.82, 2.24) is 14.7 Å². The first-order chi connectivity index (χ1) is 14.4. The van der Waals surface area contributed by atoms with Crippen molar-refractivity contribution in [2.75, 3.05) is 7.05 Å². The lowest BCUT2D eigenvalue weighted by molar-refractivity contribution is 0.0955. The largest absolute Gasteiger partial charge is 0.271 e. The third-order valence-electron chi connectivity index (χ3n) is 4.40. The number of aromatic nitrogens is 1. The lowest BCUT2D eigenvalue weighted by atomic mass is 10.1. The molecule has 1 aromatic heterocycles. The van der Waals surface area contributed by atoms with Crippen LogP contribution in [0.25, 0.3) is 0 Å². The molecule has 1 N–H and O–H groups in total. The highest BCUT2D eigenvalue weighted by Crippen LogP contribution is 2.17. The summed E-state index contributed by atoms with van der Waals surface area (Å²) in [6, 6.07) is 18.8. The van der Waals surface area contributed by atoms with Crippen LogP contribution in [-0.4, -0.2) is 36.9 Å². The normalized spacial score (nSPS) is 11.7. The minimum Gasteiger partial charge on any atom is -0.267 e. The van der Waals surface area contributed by atoms with Gasteiger partial charge in [0, 0.05) is 25.4 Å². The van der Waals surface area contributed by atoms with E-state index in [1.165, 1.54) is 17.6 Å². The number of nitrogens with zero attached hydrogens (tertiary/aromatic N) is 3. The summed E-state index contributed by atoms with van der Waals surface area (Å²) in [4.78, 5) is 16.5. The SMILES string of the molecule is Cc1ccc(S(=O)(=O)N(C)Cc2ccc(C(=O)N/N=C/c3ccccn3)cc2)cc1. The van der Waals surface area contributed by atoms with Gasteiger partial charge in [0.1, 0.15) is 0 Å². The van der Waals surface area contributed by atoms with E-state index in [2.05, 4.69) is 15.5 Å². The van der Waals surface area contributed by atoms with E-state index in [4.69, 9.17) is 0 Å². The van der Waals surface area contributed by atoms with Gasteiger partial charge in [0.05, 0.1) is 16.8 Å². The van der Waals surface area contributed by atoms with Gasteiger partial charge in [-0.25, -0.2) is 13.8 Å². The fourth-order valence-corrected chi connectivity index (χ4v) is 3.83. The molecule has 0 aliphatic carbocycles. The van der Waals surface area contributed by atoms with Crippen molar-refractivity contribution in [2.24, 2.45) is 5.10 Å². The predicted octanol–water partition coefficient (Wildman–Crippen LogP) is 2.97. The van der Waals surface area contributed by atoms with Crippen molar-refractivity contribution in [2.45, 2.75) is 18.4 Å². The maximum absolute atomic E-state index is 12.7. The molecule has 3 aromatic rings. The Morgan fingerprint density at radius 3 is 2.40 bits per heavy atom. The fraction of sp³-hybridized carbons (Fsp3) is 0.136. The monoisotopic (exact) mass is 422 g/mol. The first-order valence-electron chi connectivity index (χ1n) is 9.22. The minimum atomic E-state index is -3.59. The van der Waals surface area contributed by atoms with E-state index in [1.807, 2.05) is 13.0 Å². The molecule has 0 unspecified atom stereocenters. The molecule has 0 spiro atoms. The predicted molar refractivity (Wildman–Crippen MR) is 116 cm³/mol. The van der Waals surface area contributed by atoms with Gasteiger partial charge < -0.3 is 0 Å². The van der Waals surface area contributed by atoms with Gasteiger partial charge in [-0.2, -0.15) is 9.41 Å². The lowest BCUT2D eigenvalue weighted by Gasteiger charge is -2.17. The third kappa shape index (κ3) is 5.37. The molecule has 0 fully saturated rings. The highest BCUT2D eigenvalue weighted by molar-refractivity contribution is 7.89. The van der Waals surface area contributed by atoms with Crippen molar-refractivity contribution in [3.8, 4) is 0 Å². The molecule has 0 bridgehead atoms. The summed E-state index contributed by atoms with van der Waals surface area (Å²) in [5.74, 6) is -0.366. The van der Waals surface area contributed by atoms with Crippen LogP contribution < -0.4 is 5.43 Å². The molecule has 0 radical (unpaired) electrons. The second-order valence-electron chi connectivity index (χ2n) is 6.72. The maximum Gasteiger partial charge on any atom is 0.271 e. The van der Waals surface area contributed by atoms with Crippen LogP contribution in [-0.2, 0) is 16.6 Å². The molecule has 0 saturated carbocycles. The van der Waals surface area contributed by atoms with Gasteiger partial charge >= 0.3 is 0 Å². The smallest absolute Gasteiger partial charge is 0.267 e. The number of aryl methyl sites for hydroxylation is 1. The van der Waals surface area contributed by atoms with Crippen LogP contribution in [0.4, 0.5) is 0 Å². The number of nitrogens with one attached hydrogen (secondary N) is 1. The Balaban J connectivity index is 1.61. The fourth-order valence-electron chi connectivity index (χ4n) is 2.67. The van der Waals surface area contributed by atoms with Crippen molar-refractivity contribution in [3.63, 3.8) is 0 Å². The molecule has 154 valence electrons. The Hall–Kier alpha value is -3.36.